The zero-order valence-electron chi connectivity index (χ0n) is 15.0. The van der Waals surface area contributed by atoms with Crippen LogP contribution in [-0.4, -0.2) is 9.67 Å². The molecule has 0 saturated heterocycles. The van der Waals surface area contributed by atoms with Gasteiger partial charge in [0.05, 0.1) is 5.69 Å². The number of rotatable bonds is 5. The minimum absolute atomic E-state index is 0.0613. The summed E-state index contributed by atoms with van der Waals surface area (Å²) in [5.74, 6) is -0.301. The first kappa shape index (κ1) is 18.4. The maximum atomic E-state index is 12.7. The summed E-state index contributed by atoms with van der Waals surface area (Å²) in [4.78, 5) is 12.7. The second kappa shape index (κ2) is 7.75. The summed E-state index contributed by atoms with van der Waals surface area (Å²) in [6.45, 7) is 7.77. The third-order valence-corrected chi connectivity index (χ3v) is 4.19. The average Bonchev–Trinajstić information content (AvgIpc) is 2.57. The molecule has 0 amide bonds. The van der Waals surface area contributed by atoms with Crippen molar-refractivity contribution in [3.8, 4) is 11.9 Å². The Morgan fingerprint density at radius 1 is 1.16 bits per heavy atom. The number of nitrogens with zero attached hydrogens (tertiary/aromatic N) is 4. The Bertz CT molecular complexity index is 900. The number of pyridine rings is 1. The molecule has 25 heavy (non-hydrogen) atoms. The Morgan fingerprint density at radius 2 is 1.76 bits per heavy atom. The van der Waals surface area contributed by atoms with Crippen molar-refractivity contribution in [1.29, 1.82) is 5.26 Å². The van der Waals surface area contributed by atoms with Crippen LogP contribution in [0.5, 0.6) is 5.88 Å². The zero-order chi connectivity index (χ0) is 18.6. The third kappa shape index (κ3) is 3.61. The van der Waals surface area contributed by atoms with Gasteiger partial charge in [-0.25, -0.2) is 0 Å². The van der Waals surface area contributed by atoms with Gasteiger partial charge in [-0.3, -0.25) is 9.36 Å². The standard InChI is InChI=1S/C19H22N4O2/c1-5-6-10-23-18(24)15(11-20)14(4)17(19(23)25)22-21-16-12(2)8-7-9-13(16)3/h7-9,24H,5-6,10H2,1-4H3. The molecule has 1 aromatic heterocycles. The van der Waals surface area contributed by atoms with Gasteiger partial charge in [0.2, 0.25) is 5.88 Å². The average molecular weight is 338 g/mol. The Kier molecular flexibility index (Phi) is 5.71. The van der Waals surface area contributed by atoms with E-state index in [-0.39, 0.29) is 17.1 Å². The van der Waals surface area contributed by atoms with Crippen molar-refractivity contribution < 1.29 is 5.11 Å². The van der Waals surface area contributed by atoms with Gasteiger partial charge in [0, 0.05) is 12.1 Å². The molecule has 1 N–H and O–H groups in total. The lowest BCUT2D eigenvalue weighted by Crippen LogP contribution is -2.22. The van der Waals surface area contributed by atoms with Gasteiger partial charge in [0.1, 0.15) is 11.6 Å². The van der Waals surface area contributed by atoms with Crippen molar-refractivity contribution in [3.05, 3.63) is 50.8 Å². The zero-order valence-corrected chi connectivity index (χ0v) is 15.0. The predicted molar refractivity (Wildman–Crippen MR) is 96.8 cm³/mol. The van der Waals surface area contributed by atoms with Gasteiger partial charge in [0.15, 0.2) is 5.69 Å². The van der Waals surface area contributed by atoms with E-state index < -0.39 is 5.56 Å². The molecular formula is C19H22N4O2. The van der Waals surface area contributed by atoms with E-state index in [0.717, 1.165) is 24.0 Å². The molecule has 0 aliphatic carbocycles. The molecule has 6 heteroatoms. The minimum Gasteiger partial charge on any atom is -0.493 e. The van der Waals surface area contributed by atoms with Crippen molar-refractivity contribution in [1.82, 2.24) is 4.57 Å². The first-order valence-corrected chi connectivity index (χ1v) is 8.26. The molecule has 0 aliphatic rings. The van der Waals surface area contributed by atoms with E-state index in [1.165, 1.54) is 4.57 Å². The minimum atomic E-state index is -0.433. The van der Waals surface area contributed by atoms with Crippen LogP contribution in [-0.2, 0) is 6.54 Å². The van der Waals surface area contributed by atoms with E-state index in [2.05, 4.69) is 10.2 Å². The van der Waals surface area contributed by atoms with E-state index in [9.17, 15) is 15.2 Å². The Morgan fingerprint density at radius 3 is 2.32 bits per heavy atom. The van der Waals surface area contributed by atoms with Crippen LogP contribution in [0.15, 0.2) is 33.2 Å². The summed E-state index contributed by atoms with van der Waals surface area (Å²) in [6, 6.07) is 7.73. The molecule has 0 fully saturated rings. The van der Waals surface area contributed by atoms with Crippen molar-refractivity contribution in [3.63, 3.8) is 0 Å². The summed E-state index contributed by atoms with van der Waals surface area (Å²) in [5.41, 5.74) is 2.66. The van der Waals surface area contributed by atoms with Gasteiger partial charge in [-0.2, -0.15) is 5.26 Å². The van der Waals surface area contributed by atoms with Gasteiger partial charge in [-0.05, 0) is 38.3 Å². The molecule has 1 aromatic carbocycles. The first-order chi connectivity index (χ1) is 11.9. The molecule has 2 rings (SSSR count). The molecule has 0 radical (unpaired) electrons. The van der Waals surface area contributed by atoms with Crippen LogP contribution in [0.2, 0.25) is 0 Å². The lowest BCUT2D eigenvalue weighted by Gasteiger charge is -2.12. The number of aromatic nitrogens is 1. The molecule has 0 saturated carbocycles. The predicted octanol–water partition coefficient (Wildman–Crippen LogP) is 4.57. The Hall–Kier alpha value is -2.94. The van der Waals surface area contributed by atoms with Crippen LogP contribution in [0.25, 0.3) is 0 Å². The number of benzene rings is 1. The highest BCUT2D eigenvalue weighted by Gasteiger charge is 2.19. The summed E-state index contributed by atoms with van der Waals surface area (Å²) in [7, 11) is 0. The molecular weight excluding hydrogens is 316 g/mol. The van der Waals surface area contributed by atoms with Gasteiger partial charge < -0.3 is 5.11 Å². The smallest absolute Gasteiger partial charge is 0.281 e. The van der Waals surface area contributed by atoms with Crippen LogP contribution < -0.4 is 5.56 Å². The SMILES string of the molecule is CCCCn1c(O)c(C#N)c(C)c(N=Nc2c(C)cccc2C)c1=O. The molecule has 130 valence electrons. The number of hydrogen-bond acceptors (Lipinski definition) is 5. The summed E-state index contributed by atoms with van der Waals surface area (Å²) in [5, 5.41) is 28.0. The number of aromatic hydroxyl groups is 1. The Labute approximate surface area is 147 Å². The second-order valence-corrected chi connectivity index (χ2v) is 6.03. The highest BCUT2D eigenvalue weighted by Crippen LogP contribution is 2.29. The third-order valence-electron chi connectivity index (χ3n) is 4.19. The van der Waals surface area contributed by atoms with E-state index in [4.69, 9.17) is 0 Å². The summed E-state index contributed by atoms with van der Waals surface area (Å²) in [6.07, 6.45) is 1.58. The number of nitriles is 1. The van der Waals surface area contributed by atoms with Gasteiger partial charge in [-0.1, -0.05) is 31.5 Å². The molecule has 0 unspecified atom stereocenters. The lowest BCUT2D eigenvalue weighted by atomic mass is 10.1. The summed E-state index contributed by atoms with van der Waals surface area (Å²) < 4.78 is 1.20. The monoisotopic (exact) mass is 338 g/mol. The molecule has 0 aliphatic heterocycles. The fraction of sp³-hybridized carbons (Fsp3) is 0.368. The summed E-state index contributed by atoms with van der Waals surface area (Å²) >= 11 is 0. The van der Waals surface area contributed by atoms with Crippen molar-refractivity contribution >= 4 is 11.4 Å². The van der Waals surface area contributed by atoms with Crippen LogP contribution in [0.3, 0.4) is 0 Å². The van der Waals surface area contributed by atoms with E-state index >= 15 is 0 Å². The van der Waals surface area contributed by atoms with Crippen LogP contribution >= 0.6 is 0 Å². The molecule has 2 aromatic rings. The normalized spacial score (nSPS) is 11.0. The van der Waals surface area contributed by atoms with Crippen LogP contribution in [0.4, 0.5) is 11.4 Å². The number of hydrogen-bond donors (Lipinski definition) is 1. The lowest BCUT2D eigenvalue weighted by molar-refractivity contribution is 0.399. The van der Waals surface area contributed by atoms with Gasteiger partial charge >= 0.3 is 0 Å². The number of aryl methyl sites for hydroxylation is 2. The topological polar surface area (TPSA) is 90.7 Å². The van der Waals surface area contributed by atoms with E-state index in [0.29, 0.717) is 17.8 Å². The van der Waals surface area contributed by atoms with Crippen molar-refractivity contribution in [2.45, 2.75) is 47.1 Å². The van der Waals surface area contributed by atoms with Crippen LogP contribution in [0.1, 0.15) is 42.0 Å². The molecule has 1 heterocycles. The van der Waals surface area contributed by atoms with E-state index in [1.54, 1.807) is 6.92 Å². The van der Waals surface area contributed by atoms with Crippen molar-refractivity contribution in [2.75, 3.05) is 0 Å². The quantitative estimate of drug-likeness (QED) is 0.810. The first-order valence-electron chi connectivity index (χ1n) is 8.26. The van der Waals surface area contributed by atoms with Crippen LogP contribution in [0, 0.1) is 32.1 Å². The van der Waals surface area contributed by atoms with Crippen molar-refractivity contribution in [2.24, 2.45) is 10.2 Å². The second-order valence-electron chi connectivity index (χ2n) is 6.03. The maximum absolute atomic E-state index is 12.7. The maximum Gasteiger partial charge on any atom is 0.281 e. The highest BCUT2D eigenvalue weighted by molar-refractivity contribution is 5.57. The van der Waals surface area contributed by atoms with Gasteiger partial charge in [0.25, 0.3) is 5.56 Å². The van der Waals surface area contributed by atoms with E-state index in [1.807, 2.05) is 45.0 Å². The molecule has 0 bridgehead atoms. The number of unbranched alkanes of at least 4 members (excludes halogenated alkanes) is 1. The fourth-order valence-corrected chi connectivity index (χ4v) is 2.64. The molecule has 0 atom stereocenters. The fourth-order valence-electron chi connectivity index (χ4n) is 2.64. The largest absolute Gasteiger partial charge is 0.493 e. The molecule has 0 spiro atoms. The Balaban J connectivity index is 2.63. The highest BCUT2D eigenvalue weighted by atomic mass is 16.3. The molecule has 6 nitrogen and oxygen atoms in total. The van der Waals surface area contributed by atoms with Gasteiger partial charge in [-0.15, -0.1) is 10.2 Å². The number of azo groups is 1.